The second kappa shape index (κ2) is 13.4. The van der Waals surface area contributed by atoms with Gasteiger partial charge in [-0.2, -0.15) is 8.78 Å². The number of hydrogen-bond acceptors (Lipinski definition) is 6. The van der Waals surface area contributed by atoms with Crippen LogP contribution in [0.2, 0.25) is 0 Å². The quantitative estimate of drug-likeness (QED) is 0.0859. The van der Waals surface area contributed by atoms with Gasteiger partial charge in [-0.25, -0.2) is 18.0 Å². The minimum absolute atomic E-state index is 0.0500. The van der Waals surface area contributed by atoms with Gasteiger partial charge in [0.05, 0.1) is 39.5 Å². The molecule has 1 fully saturated rings. The van der Waals surface area contributed by atoms with Crippen molar-refractivity contribution in [3.63, 3.8) is 0 Å². The van der Waals surface area contributed by atoms with Gasteiger partial charge < -0.3 is 24.3 Å². The molecule has 0 saturated heterocycles. The third-order valence-electron chi connectivity index (χ3n) is 5.97. The van der Waals surface area contributed by atoms with Gasteiger partial charge in [0, 0.05) is 19.4 Å². The molecule has 3 rings (SSSR count). The first-order valence-corrected chi connectivity index (χ1v) is 11.5. The Kier molecular flexibility index (Phi) is 10.3. The highest BCUT2D eigenvalue weighted by atomic mass is 19.2. The highest BCUT2D eigenvalue weighted by Crippen LogP contribution is 2.52. The number of benzene rings is 1. The summed E-state index contributed by atoms with van der Waals surface area (Å²) in [6.45, 7) is 0.733. The average Bonchev–Trinajstić information content (AvgIpc) is 3.50. The number of carbonyl (C=O) groups excluding carboxylic acids is 2. The molecule has 1 N–H and O–H groups in total. The molecule has 2 aliphatic carbocycles. The summed E-state index contributed by atoms with van der Waals surface area (Å²) in [7, 11) is 0. The second-order valence-corrected chi connectivity index (χ2v) is 8.30. The third kappa shape index (κ3) is 7.54. The van der Waals surface area contributed by atoms with E-state index in [9.17, 15) is 31.5 Å². The van der Waals surface area contributed by atoms with E-state index in [0.29, 0.717) is 24.4 Å². The topological polar surface area (TPSA) is 83.1 Å². The van der Waals surface area contributed by atoms with E-state index in [1.807, 2.05) is 0 Å². The molecule has 0 spiro atoms. The largest absolute Gasteiger partial charge is 0.449 e. The molecule has 36 heavy (non-hydrogen) atoms. The monoisotopic (exact) mass is 519 g/mol. The Hall–Kier alpha value is -2.91. The van der Waals surface area contributed by atoms with E-state index >= 15 is 0 Å². The van der Waals surface area contributed by atoms with Gasteiger partial charge in [0.1, 0.15) is 0 Å². The summed E-state index contributed by atoms with van der Waals surface area (Å²) in [4.78, 5) is 23.4. The Morgan fingerprint density at radius 1 is 0.806 bits per heavy atom. The van der Waals surface area contributed by atoms with Crippen molar-refractivity contribution in [1.29, 1.82) is 0 Å². The maximum absolute atomic E-state index is 13.5. The van der Waals surface area contributed by atoms with Crippen LogP contribution in [0.25, 0.3) is 0 Å². The zero-order valence-electron chi connectivity index (χ0n) is 19.3. The van der Waals surface area contributed by atoms with Crippen LogP contribution in [-0.2, 0) is 19.0 Å². The minimum Gasteiger partial charge on any atom is -0.449 e. The van der Waals surface area contributed by atoms with Crippen LogP contribution in [0.4, 0.5) is 26.7 Å². The summed E-state index contributed by atoms with van der Waals surface area (Å²) < 4.78 is 86.0. The highest BCUT2D eigenvalue weighted by Gasteiger charge is 2.49. The number of fused-ring (bicyclic) bond motifs is 1. The maximum atomic E-state index is 13.5. The van der Waals surface area contributed by atoms with Crippen LogP contribution in [0, 0.1) is 58.7 Å². The molecule has 0 aromatic heterocycles. The lowest BCUT2D eigenvalue weighted by Crippen LogP contribution is -2.29. The van der Waals surface area contributed by atoms with Crippen LogP contribution in [0.5, 0.6) is 5.75 Å². The molecule has 7 nitrogen and oxygen atoms in total. The number of nitrogens with one attached hydrogen (secondary N) is 1. The minimum atomic E-state index is -2.35. The second-order valence-electron chi connectivity index (χ2n) is 8.30. The summed E-state index contributed by atoms with van der Waals surface area (Å²) in [6, 6.07) is 0. The normalized spacial score (nSPS) is 20.3. The van der Waals surface area contributed by atoms with Crippen molar-refractivity contribution in [3.8, 4) is 17.6 Å². The molecular formula is C24H26F5NO6. The zero-order valence-corrected chi connectivity index (χ0v) is 19.3. The van der Waals surface area contributed by atoms with Gasteiger partial charge in [-0.3, -0.25) is 4.79 Å². The predicted octanol–water partition coefficient (Wildman–Crippen LogP) is 3.88. The highest BCUT2D eigenvalue weighted by molar-refractivity contribution is 5.72. The van der Waals surface area contributed by atoms with Crippen molar-refractivity contribution >= 4 is 12.1 Å². The Balaban J connectivity index is 1.18. The lowest BCUT2D eigenvalue weighted by Gasteiger charge is -2.09. The standard InChI is InChI=1S/C24H26F5NO6/c25-18-19(26)21(28)23(22(29)20(18)27)36-17(31)7-9-33-11-12-34-10-8-30-24(32)35-13-16-14-5-3-1-2-4-6-15(14)16/h14-16H,3-13H2,(H,30,32). The van der Waals surface area contributed by atoms with Crippen molar-refractivity contribution in [1.82, 2.24) is 5.32 Å². The lowest BCUT2D eigenvalue weighted by molar-refractivity contribution is -0.136. The van der Waals surface area contributed by atoms with E-state index in [-0.39, 0.29) is 33.0 Å². The number of esters is 1. The van der Waals surface area contributed by atoms with Gasteiger partial charge in [-0.1, -0.05) is 0 Å². The van der Waals surface area contributed by atoms with Crippen molar-refractivity contribution in [2.75, 3.05) is 39.6 Å². The fourth-order valence-electron chi connectivity index (χ4n) is 4.05. The number of hydrogen-bond donors (Lipinski definition) is 1. The number of alkyl carbamates (subject to hydrolysis) is 1. The first kappa shape index (κ1) is 27.7. The van der Waals surface area contributed by atoms with E-state index in [1.165, 1.54) is 0 Å². The summed E-state index contributed by atoms with van der Waals surface area (Å²) in [5.74, 6) is -6.30. The predicted molar refractivity (Wildman–Crippen MR) is 114 cm³/mol. The van der Waals surface area contributed by atoms with Gasteiger partial charge in [0.15, 0.2) is 0 Å². The molecule has 0 bridgehead atoms. The SMILES string of the molecule is O=C(CCOCCOCCNC(=O)OCC1C2CCC#CCCC21)Oc1c(F)c(F)c(F)c(F)c1F. The average molecular weight is 519 g/mol. The van der Waals surface area contributed by atoms with Crippen LogP contribution in [0.3, 0.4) is 0 Å². The maximum Gasteiger partial charge on any atom is 0.407 e. The van der Waals surface area contributed by atoms with Gasteiger partial charge in [0.2, 0.25) is 34.8 Å². The first-order chi connectivity index (χ1) is 17.3. The Morgan fingerprint density at radius 3 is 1.97 bits per heavy atom. The molecule has 1 aromatic carbocycles. The van der Waals surface area contributed by atoms with Crippen molar-refractivity contribution in [2.24, 2.45) is 17.8 Å². The number of ether oxygens (including phenoxy) is 4. The van der Waals surface area contributed by atoms with Gasteiger partial charge >= 0.3 is 12.1 Å². The van der Waals surface area contributed by atoms with E-state index in [1.54, 1.807) is 0 Å². The third-order valence-corrected chi connectivity index (χ3v) is 5.97. The molecule has 1 saturated carbocycles. The first-order valence-electron chi connectivity index (χ1n) is 11.5. The Morgan fingerprint density at radius 2 is 1.36 bits per heavy atom. The molecule has 1 aromatic rings. The van der Waals surface area contributed by atoms with E-state index in [0.717, 1.165) is 25.7 Å². The Bertz CT molecular complexity index is 964. The van der Waals surface area contributed by atoms with Crippen LogP contribution in [0.1, 0.15) is 32.1 Å². The zero-order chi connectivity index (χ0) is 26.1. The van der Waals surface area contributed by atoms with Gasteiger partial charge in [0.25, 0.3) is 0 Å². The fraction of sp³-hybridized carbons (Fsp3) is 0.583. The van der Waals surface area contributed by atoms with Crippen LogP contribution in [0.15, 0.2) is 0 Å². The van der Waals surface area contributed by atoms with E-state index in [4.69, 9.17) is 14.2 Å². The lowest BCUT2D eigenvalue weighted by atomic mass is 10.1. The fourth-order valence-corrected chi connectivity index (χ4v) is 4.05. The van der Waals surface area contributed by atoms with Gasteiger partial charge in [-0.15, -0.1) is 11.8 Å². The molecule has 0 radical (unpaired) electrons. The molecule has 2 aliphatic rings. The van der Waals surface area contributed by atoms with Crippen LogP contribution in [-0.4, -0.2) is 51.6 Å². The molecule has 0 heterocycles. The summed E-state index contributed by atoms with van der Waals surface area (Å²) in [5, 5.41) is 2.58. The van der Waals surface area contributed by atoms with Crippen molar-refractivity contribution in [3.05, 3.63) is 29.1 Å². The number of halogens is 5. The van der Waals surface area contributed by atoms with Gasteiger partial charge in [-0.05, 0) is 30.6 Å². The molecule has 198 valence electrons. The van der Waals surface area contributed by atoms with Crippen LogP contribution < -0.4 is 10.1 Å². The molecule has 2 unspecified atom stereocenters. The van der Waals surface area contributed by atoms with E-state index < -0.39 is 53.3 Å². The van der Waals surface area contributed by atoms with Crippen molar-refractivity contribution < 1.29 is 50.5 Å². The van der Waals surface area contributed by atoms with E-state index in [2.05, 4.69) is 21.9 Å². The summed E-state index contributed by atoms with van der Waals surface area (Å²) >= 11 is 0. The number of carbonyl (C=O) groups is 2. The summed E-state index contributed by atoms with van der Waals surface area (Å²) in [5.41, 5.74) is 0. The number of amides is 1. The molecule has 12 heteroatoms. The van der Waals surface area contributed by atoms with Crippen molar-refractivity contribution in [2.45, 2.75) is 32.1 Å². The summed E-state index contributed by atoms with van der Waals surface area (Å²) in [6.07, 6.45) is 2.88. The Labute approximate surface area is 204 Å². The molecule has 1 amide bonds. The molecule has 2 atom stereocenters. The molecular weight excluding hydrogens is 493 g/mol. The molecule has 0 aliphatic heterocycles. The van der Waals surface area contributed by atoms with Crippen LogP contribution >= 0.6 is 0 Å². The smallest absolute Gasteiger partial charge is 0.407 e. The number of rotatable bonds is 12.